The fourth-order valence-electron chi connectivity index (χ4n) is 3.75. The fraction of sp³-hybridized carbons (Fsp3) is 0.481. The third kappa shape index (κ3) is 11.8. The maximum absolute atomic E-state index is 10.5. The molecule has 10 nitrogen and oxygen atoms in total. The molecule has 0 spiro atoms. The smallest absolute Gasteiger partial charge is 0.377 e. The van der Waals surface area contributed by atoms with Crippen molar-refractivity contribution in [2.75, 3.05) is 79.3 Å². The summed E-state index contributed by atoms with van der Waals surface area (Å²) >= 11 is 0. The molecule has 2 N–H and O–H groups in total. The summed E-state index contributed by atoms with van der Waals surface area (Å²) in [6, 6.07) is 19.0. The van der Waals surface area contributed by atoms with E-state index in [2.05, 4.69) is 59.1 Å². The highest BCUT2D eigenvalue weighted by atomic mass is 31.2. The molecule has 3 aromatic rings. The van der Waals surface area contributed by atoms with E-state index in [1.807, 2.05) is 0 Å². The standard InChI is InChI=1S/C27H37O10P/c28-38(29,30)37-20-19-35-16-15-33-12-11-31-9-10-32-13-14-34-17-18-36-22-27-25-7-3-1-5-23(25)21-24-6-2-4-8-26(24)27/h1-8,21H,9-20,22H2,(H2,28,29,30). The van der Waals surface area contributed by atoms with Gasteiger partial charge in [-0.25, -0.2) is 4.57 Å². The monoisotopic (exact) mass is 552 g/mol. The van der Waals surface area contributed by atoms with Crippen LogP contribution in [0.5, 0.6) is 0 Å². The molecule has 210 valence electrons. The zero-order valence-corrected chi connectivity index (χ0v) is 22.4. The van der Waals surface area contributed by atoms with Crippen molar-refractivity contribution in [3.05, 3.63) is 60.2 Å². The summed E-state index contributed by atoms with van der Waals surface area (Å²) in [6.07, 6.45) is 0. The molecular formula is C27H37O10P. The van der Waals surface area contributed by atoms with Gasteiger partial charge in [0.15, 0.2) is 0 Å². The Hall–Kier alpha value is -1.95. The first-order valence-corrected chi connectivity index (χ1v) is 14.1. The minimum absolute atomic E-state index is 0.0849. The summed E-state index contributed by atoms with van der Waals surface area (Å²) in [5, 5.41) is 4.86. The molecule has 0 bridgehead atoms. The molecule has 0 unspecified atom stereocenters. The number of rotatable bonds is 21. The Bertz CT molecular complexity index is 1070. The summed E-state index contributed by atoms with van der Waals surface area (Å²) in [5.74, 6) is 0. The predicted octanol–water partition coefficient (Wildman–Crippen LogP) is 3.70. The average molecular weight is 553 g/mol. The maximum Gasteiger partial charge on any atom is 0.469 e. The van der Waals surface area contributed by atoms with E-state index in [4.69, 9.17) is 38.2 Å². The molecule has 0 saturated heterocycles. The SMILES string of the molecule is O=P(O)(O)OCCOCCOCCOCCOCCOCCOCc1c2ccccc2cc2ccccc12. The van der Waals surface area contributed by atoms with Gasteiger partial charge >= 0.3 is 7.82 Å². The fourth-order valence-corrected chi connectivity index (χ4v) is 4.06. The van der Waals surface area contributed by atoms with Crippen LogP contribution >= 0.6 is 7.82 Å². The van der Waals surface area contributed by atoms with Crippen molar-refractivity contribution in [1.29, 1.82) is 0 Å². The highest BCUT2D eigenvalue weighted by molar-refractivity contribution is 7.46. The van der Waals surface area contributed by atoms with Gasteiger partial charge in [-0.05, 0) is 33.2 Å². The van der Waals surface area contributed by atoms with Gasteiger partial charge in [0.1, 0.15) is 0 Å². The van der Waals surface area contributed by atoms with Gasteiger partial charge in [0, 0.05) is 0 Å². The van der Waals surface area contributed by atoms with Crippen LogP contribution in [-0.4, -0.2) is 89.1 Å². The average Bonchev–Trinajstić information content (AvgIpc) is 2.90. The van der Waals surface area contributed by atoms with Crippen molar-refractivity contribution in [2.45, 2.75) is 6.61 Å². The molecule has 38 heavy (non-hydrogen) atoms. The van der Waals surface area contributed by atoms with E-state index in [9.17, 15) is 4.57 Å². The van der Waals surface area contributed by atoms with E-state index in [0.29, 0.717) is 72.7 Å². The Morgan fingerprint density at radius 3 is 1.32 bits per heavy atom. The van der Waals surface area contributed by atoms with E-state index in [-0.39, 0.29) is 13.2 Å². The van der Waals surface area contributed by atoms with E-state index in [0.717, 1.165) is 0 Å². The molecule has 0 atom stereocenters. The second-order valence-corrected chi connectivity index (χ2v) is 9.47. The molecular weight excluding hydrogens is 515 g/mol. The zero-order chi connectivity index (χ0) is 26.9. The number of phosphoric acid groups is 1. The van der Waals surface area contributed by atoms with E-state index < -0.39 is 7.82 Å². The highest BCUT2D eigenvalue weighted by Crippen LogP contribution is 2.35. The lowest BCUT2D eigenvalue weighted by Crippen LogP contribution is -2.14. The number of hydrogen-bond donors (Lipinski definition) is 2. The first-order chi connectivity index (χ1) is 18.5. The number of phosphoric ester groups is 1. The van der Waals surface area contributed by atoms with Crippen molar-refractivity contribution in [3.8, 4) is 0 Å². The number of ether oxygens (including phenoxy) is 6. The zero-order valence-electron chi connectivity index (χ0n) is 21.5. The second-order valence-electron chi connectivity index (χ2n) is 8.24. The summed E-state index contributed by atoms with van der Waals surface area (Å²) < 4.78 is 47.6. The Labute approximate surface area is 222 Å². The molecule has 0 fully saturated rings. The topological polar surface area (TPSA) is 122 Å². The van der Waals surface area contributed by atoms with Gasteiger partial charge in [0.05, 0.1) is 85.9 Å². The molecule has 0 aromatic heterocycles. The van der Waals surface area contributed by atoms with Crippen LogP contribution in [0.15, 0.2) is 54.6 Å². The highest BCUT2D eigenvalue weighted by Gasteiger charge is 2.12. The summed E-state index contributed by atoms with van der Waals surface area (Å²) in [5.41, 5.74) is 1.20. The van der Waals surface area contributed by atoms with Crippen molar-refractivity contribution in [3.63, 3.8) is 0 Å². The molecule has 0 radical (unpaired) electrons. The van der Waals surface area contributed by atoms with Crippen LogP contribution in [0.1, 0.15) is 5.56 Å². The van der Waals surface area contributed by atoms with E-state index >= 15 is 0 Å². The van der Waals surface area contributed by atoms with Gasteiger partial charge in [-0.15, -0.1) is 0 Å². The van der Waals surface area contributed by atoms with Gasteiger partial charge < -0.3 is 38.2 Å². The van der Waals surface area contributed by atoms with Gasteiger partial charge in [0.2, 0.25) is 0 Å². The Morgan fingerprint density at radius 2 is 0.895 bits per heavy atom. The third-order valence-corrected chi connectivity index (χ3v) is 6.00. The minimum atomic E-state index is -4.43. The Kier molecular flexibility index (Phi) is 14.2. The lowest BCUT2D eigenvalue weighted by Gasteiger charge is -2.12. The van der Waals surface area contributed by atoms with Crippen molar-refractivity contribution in [2.24, 2.45) is 0 Å². The number of benzene rings is 3. The van der Waals surface area contributed by atoms with E-state index in [1.165, 1.54) is 27.1 Å². The first-order valence-electron chi connectivity index (χ1n) is 12.6. The maximum atomic E-state index is 10.5. The van der Waals surface area contributed by atoms with Crippen LogP contribution < -0.4 is 0 Å². The summed E-state index contributed by atoms with van der Waals surface area (Å²) in [7, 11) is -4.43. The molecule has 0 aliphatic rings. The first kappa shape index (κ1) is 30.6. The van der Waals surface area contributed by atoms with Crippen LogP contribution in [0.25, 0.3) is 21.5 Å². The molecule has 0 amide bonds. The largest absolute Gasteiger partial charge is 0.469 e. The van der Waals surface area contributed by atoms with Gasteiger partial charge in [0.25, 0.3) is 0 Å². The summed E-state index contributed by atoms with van der Waals surface area (Å²) in [6.45, 7) is 4.87. The molecule has 0 heterocycles. The molecule has 0 saturated carbocycles. The van der Waals surface area contributed by atoms with Crippen LogP contribution in [-0.2, 0) is 44.1 Å². The third-order valence-electron chi connectivity index (χ3n) is 5.48. The van der Waals surface area contributed by atoms with Gasteiger partial charge in [-0.2, -0.15) is 0 Å². The second kappa shape index (κ2) is 17.6. The van der Waals surface area contributed by atoms with Crippen molar-refractivity contribution < 1.29 is 47.3 Å². The van der Waals surface area contributed by atoms with Crippen molar-refractivity contribution in [1.82, 2.24) is 0 Å². The van der Waals surface area contributed by atoms with Crippen LogP contribution in [0.4, 0.5) is 0 Å². The normalized spacial score (nSPS) is 12.1. The molecule has 3 rings (SSSR count). The van der Waals surface area contributed by atoms with Gasteiger partial charge in [-0.3, -0.25) is 4.52 Å². The lowest BCUT2D eigenvalue weighted by atomic mass is 9.97. The number of hydrogen-bond acceptors (Lipinski definition) is 8. The molecule has 0 aliphatic heterocycles. The van der Waals surface area contributed by atoms with Crippen LogP contribution in [0.3, 0.4) is 0 Å². The van der Waals surface area contributed by atoms with Crippen molar-refractivity contribution >= 4 is 29.4 Å². The predicted molar refractivity (Wildman–Crippen MR) is 143 cm³/mol. The molecule has 11 heteroatoms. The quantitative estimate of drug-likeness (QED) is 0.115. The van der Waals surface area contributed by atoms with Gasteiger partial charge in [-0.1, -0.05) is 48.5 Å². The minimum Gasteiger partial charge on any atom is -0.377 e. The lowest BCUT2D eigenvalue weighted by molar-refractivity contribution is -0.0189. The Morgan fingerprint density at radius 1 is 0.526 bits per heavy atom. The number of fused-ring (bicyclic) bond motifs is 2. The molecule has 3 aromatic carbocycles. The summed E-state index contributed by atoms with van der Waals surface area (Å²) in [4.78, 5) is 17.0. The molecule has 0 aliphatic carbocycles. The Balaban J connectivity index is 1.12. The van der Waals surface area contributed by atoms with E-state index in [1.54, 1.807) is 0 Å². The van der Waals surface area contributed by atoms with Crippen LogP contribution in [0.2, 0.25) is 0 Å². The van der Waals surface area contributed by atoms with Crippen LogP contribution in [0, 0.1) is 0 Å².